The van der Waals surface area contributed by atoms with Gasteiger partial charge in [-0.25, -0.2) is 13.1 Å². The third kappa shape index (κ3) is 5.61. The highest BCUT2D eigenvalue weighted by molar-refractivity contribution is 7.89. The van der Waals surface area contributed by atoms with Gasteiger partial charge in [-0.1, -0.05) is 12.1 Å². The van der Waals surface area contributed by atoms with Crippen LogP contribution >= 0.6 is 0 Å². The molecule has 1 amide bonds. The lowest BCUT2D eigenvalue weighted by molar-refractivity contribution is -0.117. The summed E-state index contributed by atoms with van der Waals surface area (Å²) in [4.78, 5) is 13.9. The molecule has 1 fully saturated rings. The molecule has 0 atom stereocenters. The number of rotatable bonds is 9. The minimum Gasteiger partial charge on any atom is -0.491 e. The van der Waals surface area contributed by atoms with E-state index in [0.29, 0.717) is 25.9 Å². The van der Waals surface area contributed by atoms with Gasteiger partial charge >= 0.3 is 0 Å². The molecule has 0 saturated carbocycles. The summed E-state index contributed by atoms with van der Waals surface area (Å²) in [6.45, 7) is 6.85. The van der Waals surface area contributed by atoms with E-state index in [4.69, 9.17) is 4.74 Å². The van der Waals surface area contributed by atoms with Crippen LogP contribution in [0.25, 0.3) is 0 Å². The minimum absolute atomic E-state index is 0.0923. The highest BCUT2D eigenvalue weighted by Gasteiger charge is 2.24. The van der Waals surface area contributed by atoms with E-state index in [-0.39, 0.29) is 16.9 Å². The first-order chi connectivity index (χ1) is 14.3. The maximum Gasteiger partial charge on any atom is 0.240 e. The van der Waals surface area contributed by atoms with Gasteiger partial charge in [0.05, 0.1) is 11.0 Å². The van der Waals surface area contributed by atoms with Crippen molar-refractivity contribution in [3.05, 3.63) is 53.6 Å². The molecule has 1 aliphatic rings. The summed E-state index contributed by atoms with van der Waals surface area (Å²) < 4.78 is 33.7. The van der Waals surface area contributed by atoms with Crippen LogP contribution in [0.4, 0.5) is 5.69 Å². The summed E-state index contributed by atoms with van der Waals surface area (Å²) in [7, 11) is -3.59. The number of sulfonamides is 1. The van der Waals surface area contributed by atoms with Gasteiger partial charge in [0, 0.05) is 25.2 Å². The van der Waals surface area contributed by atoms with Crippen LogP contribution in [0.3, 0.4) is 0 Å². The van der Waals surface area contributed by atoms with Crippen LogP contribution in [0, 0.1) is 6.92 Å². The van der Waals surface area contributed by atoms with Gasteiger partial charge < -0.3 is 9.64 Å². The zero-order valence-electron chi connectivity index (χ0n) is 17.8. The second kappa shape index (κ2) is 9.62. The lowest BCUT2D eigenvalue weighted by atomic mass is 10.1. The predicted octanol–water partition coefficient (Wildman–Crippen LogP) is 3.82. The summed E-state index contributed by atoms with van der Waals surface area (Å²) in [5.41, 5.74) is 2.69. The first-order valence-corrected chi connectivity index (χ1v) is 11.9. The fraction of sp³-hybridized carbons (Fsp3) is 0.435. The molecule has 6 nitrogen and oxygen atoms in total. The van der Waals surface area contributed by atoms with E-state index in [1.807, 2.05) is 45.0 Å². The van der Waals surface area contributed by atoms with Crippen LogP contribution in [0.5, 0.6) is 5.75 Å². The van der Waals surface area contributed by atoms with Crippen LogP contribution in [0.15, 0.2) is 47.4 Å². The number of anilines is 1. The van der Waals surface area contributed by atoms with Crippen LogP contribution in [0.2, 0.25) is 0 Å². The monoisotopic (exact) mass is 430 g/mol. The number of ether oxygens (including phenoxy) is 1. The Balaban J connectivity index is 1.56. The number of benzene rings is 2. The Morgan fingerprint density at radius 1 is 1.17 bits per heavy atom. The van der Waals surface area contributed by atoms with E-state index in [2.05, 4.69) is 4.72 Å². The van der Waals surface area contributed by atoms with Crippen molar-refractivity contribution in [1.29, 1.82) is 0 Å². The molecule has 0 aliphatic carbocycles. The first-order valence-electron chi connectivity index (χ1n) is 10.4. The molecule has 3 rings (SSSR count). The fourth-order valence-corrected chi connectivity index (χ4v) is 4.79. The highest BCUT2D eigenvalue weighted by atomic mass is 32.2. The van der Waals surface area contributed by atoms with Crippen molar-refractivity contribution in [2.75, 3.05) is 18.0 Å². The predicted molar refractivity (Wildman–Crippen MR) is 118 cm³/mol. The van der Waals surface area contributed by atoms with Crippen molar-refractivity contribution in [2.45, 2.75) is 57.5 Å². The molecule has 1 N–H and O–H groups in total. The van der Waals surface area contributed by atoms with Gasteiger partial charge in [0.2, 0.25) is 15.9 Å². The van der Waals surface area contributed by atoms with E-state index in [1.54, 1.807) is 23.1 Å². The van der Waals surface area contributed by atoms with Crippen molar-refractivity contribution < 1.29 is 17.9 Å². The third-order valence-corrected chi connectivity index (χ3v) is 6.51. The zero-order chi connectivity index (χ0) is 21.7. The molecule has 162 valence electrons. The SMILES string of the molecule is Cc1cc(S(=O)(=O)NCCCc2cccc(OC(C)C)c2)ccc1N1CCCC1=O. The molecular weight excluding hydrogens is 400 g/mol. The summed E-state index contributed by atoms with van der Waals surface area (Å²) in [5.74, 6) is 0.921. The largest absolute Gasteiger partial charge is 0.491 e. The summed E-state index contributed by atoms with van der Waals surface area (Å²) in [6, 6.07) is 12.8. The Morgan fingerprint density at radius 2 is 1.97 bits per heavy atom. The lowest BCUT2D eigenvalue weighted by Gasteiger charge is -2.19. The Hall–Kier alpha value is -2.38. The van der Waals surface area contributed by atoms with Crippen LogP contribution < -0.4 is 14.4 Å². The molecule has 0 radical (unpaired) electrons. The summed E-state index contributed by atoms with van der Waals surface area (Å²) in [5, 5.41) is 0. The van der Waals surface area contributed by atoms with Crippen molar-refractivity contribution in [3.63, 3.8) is 0 Å². The smallest absolute Gasteiger partial charge is 0.240 e. The van der Waals surface area contributed by atoms with E-state index >= 15 is 0 Å². The molecule has 1 saturated heterocycles. The number of aryl methyl sites for hydroxylation is 2. The molecule has 2 aromatic rings. The minimum atomic E-state index is -3.59. The fourth-order valence-electron chi connectivity index (χ4n) is 3.63. The number of amides is 1. The van der Waals surface area contributed by atoms with Gasteiger partial charge in [0.1, 0.15) is 5.75 Å². The zero-order valence-corrected chi connectivity index (χ0v) is 18.7. The lowest BCUT2D eigenvalue weighted by Crippen LogP contribution is -2.26. The average Bonchev–Trinajstić information content (AvgIpc) is 3.10. The van der Waals surface area contributed by atoms with Crippen LogP contribution in [0.1, 0.15) is 44.2 Å². The van der Waals surface area contributed by atoms with Crippen LogP contribution in [-0.4, -0.2) is 33.5 Å². The molecular formula is C23H30N2O4S. The molecule has 1 heterocycles. The van der Waals surface area contributed by atoms with Gasteiger partial charge in [-0.05, 0) is 81.5 Å². The Bertz CT molecular complexity index is 1000. The maximum atomic E-state index is 12.7. The van der Waals surface area contributed by atoms with E-state index in [1.165, 1.54) is 0 Å². The maximum absolute atomic E-state index is 12.7. The second-order valence-corrected chi connectivity index (χ2v) is 9.68. The summed E-state index contributed by atoms with van der Waals surface area (Å²) >= 11 is 0. The molecule has 0 aromatic heterocycles. The van der Waals surface area contributed by atoms with Gasteiger partial charge in [-0.3, -0.25) is 4.79 Å². The number of carbonyl (C=O) groups is 1. The third-order valence-electron chi connectivity index (χ3n) is 5.05. The van der Waals surface area contributed by atoms with Crippen molar-refractivity contribution in [3.8, 4) is 5.75 Å². The molecule has 0 spiro atoms. The molecule has 7 heteroatoms. The number of hydrogen-bond acceptors (Lipinski definition) is 4. The molecule has 2 aromatic carbocycles. The summed E-state index contributed by atoms with van der Waals surface area (Å²) in [6.07, 6.45) is 2.95. The number of nitrogens with zero attached hydrogens (tertiary/aromatic N) is 1. The van der Waals surface area contributed by atoms with Crippen LogP contribution in [-0.2, 0) is 21.2 Å². The van der Waals surface area contributed by atoms with Gasteiger partial charge in [-0.2, -0.15) is 0 Å². The van der Waals surface area contributed by atoms with Gasteiger partial charge in [-0.15, -0.1) is 0 Å². The van der Waals surface area contributed by atoms with Gasteiger partial charge in [0.15, 0.2) is 0 Å². The quantitative estimate of drug-likeness (QED) is 0.614. The Kier molecular flexibility index (Phi) is 7.15. The standard InChI is InChI=1S/C23H30N2O4S/c1-17(2)29-20-9-4-7-19(16-20)8-5-13-24-30(27,28)21-11-12-22(18(3)15-21)25-14-6-10-23(25)26/h4,7,9,11-12,15-17,24H,5-6,8,10,13-14H2,1-3H3. The average molecular weight is 431 g/mol. The second-order valence-electron chi connectivity index (χ2n) is 7.91. The van der Waals surface area contributed by atoms with E-state index < -0.39 is 10.0 Å². The first kappa shape index (κ1) is 22.3. The van der Waals surface area contributed by atoms with E-state index in [9.17, 15) is 13.2 Å². The number of carbonyl (C=O) groups excluding carboxylic acids is 1. The molecule has 30 heavy (non-hydrogen) atoms. The molecule has 0 bridgehead atoms. The molecule has 0 unspecified atom stereocenters. The Labute approximate surface area is 179 Å². The van der Waals surface area contributed by atoms with Crippen molar-refractivity contribution in [2.24, 2.45) is 0 Å². The Morgan fingerprint density at radius 3 is 2.63 bits per heavy atom. The topological polar surface area (TPSA) is 75.7 Å². The normalized spacial score (nSPS) is 14.5. The highest BCUT2D eigenvalue weighted by Crippen LogP contribution is 2.27. The van der Waals surface area contributed by atoms with Crippen molar-refractivity contribution >= 4 is 21.6 Å². The van der Waals surface area contributed by atoms with Crippen molar-refractivity contribution in [1.82, 2.24) is 4.72 Å². The number of nitrogens with one attached hydrogen (secondary N) is 1. The van der Waals surface area contributed by atoms with Gasteiger partial charge in [0.25, 0.3) is 0 Å². The molecule has 1 aliphatic heterocycles. The number of hydrogen-bond donors (Lipinski definition) is 1. The van der Waals surface area contributed by atoms with E-state index in [0.717, 1.165) is 35.4 Å².